The molecule has 0 unspecified atom stereocenters. The van der Waals surface area contributed by atoms with Gasteiger partial charge in [-0.3, -0.25) is 0 Å². The Morgan fingerprint density at radius 1 is 0.900 bits per heavy atom. The van der Waals surface area contributed by atoms with Crippen LogP contribution >= 0.6 is 0 Å². The molecule has 0 bridgehead atoms. The van der Waals surface area contributed by atoms with Crippen LogP contribution in [0.15, 0.2) is 54.6 Å². The van der Waals surface area contributed by atoms with Gasteiger partial charge in [0.25, 0.3) is 0 Å². The molecule has 20 heavy (non-hydrogen) atoms. The Balaban J connectivity index is 1.94. The van der Waals surface area contributed by atoms with Gasteiger partial charge in [-0.2, -0.15) is 0 Å². The van der Waals surface area contributed by atoms with Crippen molar-refractivity contribution in [1.29, 1.82) is 0 Å². The SMILES string of the molecule is CC(C)(C)c1ccc(CC[C@@H](O)c2ccccc2)cc1. The second-order valence-electron chi connectivity index (χ2n) is 6.41. The van der Waals surface area contributed by atoms with Crippen LogP contribution in [0.3, 0.4) is 0 Å². The molecule has 106 valence electrons. The highest BCUT2D eigenvalue weighted by Crippen LogP contribution is 2.23. The van der Waals surface area contributed by atoms with Crippen molar-refractivity contribution in [2.24, 2.45) is 0 Å². The van der Waals surface area contributed by atoms with Crippen LogP contribution in [0.4, 0.5) is 0 Å². The van der Waals surface area contributed by atoms with Gasteiger partial charge >= 0.3 is 0 Å². The molecular formula is C19H24O. The van der Waals surface area contributed by atoms with Gasteiger partial charge in [0, 0.05) is 0 Å². The Bertz CT molecular complexity index is 520. The first kappa shape index (κ1) is 14.8. The minimum absolute atomic E-state index is 0.197. The summed E-state index contributed by atoms with van der Waals surface area (Å²) >= 11 is 0. The third kappa shape index (κ3) is 3.94. The maximum atomic E-state index is 10.2. The molecule has 0 spiro atoms. The van der Waals surface area contributed by atoms with Gasteiger partial charge < -0.3 is 5.11 Å². The molecule has 0 saturated heterocycles. The van der Waals surface area contributed by atoms with Gasteiger partial charge in [-0.25, -0.2) is 0 Å². The zero-order valence-electron chi connectivity index (χ0n) is 12.6. The van der Waals surface area contributed by atoms with E-state index >= 15 is 0 Å². The molecule has 0 aliphatic carbocycles. The zero-order chi connectivity index (χ0) is 14.6. The molecule has 2 rings (SSSR count). The van der Waals surface area contributed by atoms with Crippen LogP contribution < -0.4 is 0 Å². The predicted molar refractivity (Wildman–Crippen MR) is 84.9 cm³/mol. The van der Waals surface area contributed by atoms with Crippen LogP contribution in [-0.4, -0.2) is 5.11 Å². The lowest BCUT2D eigenvalue weighted by molar-refractivity contribution is 0.168. The van der Waals surface area contributed by atoms with E-state index in [-0.39, 0.29) is 11.5 Å². The molecule has 0 heterocycles. The number of aliphatic hydroxyl groups excluding tert-OH is 1. The smallest absolute Gasteiger partial charge is 0.0793 e. The van der Waals surface area contributed by atoms with E-state index in [1.165, 1.54) is 11.1 Å². The van der Waals surface area contributed by atoms with Gasteiger partial charge in [0.1, 0.15) is 0 Å². The van der Waals surface area contributed by atoms with Crippen LogP contribution in [0.25, 0.3) is 0 Å². The largest absolute Gasteiger partial charge is 0.388 e. The van der Waals surface area contributed by atoms with Crippen molar-refractivity contribution in [2.75, 3.05) is 0 Å². The lowest BCUT2D eigenvalue weighted by atomic mass is 9.86. The molecule has 2 aromatic carbocycles. The summed E-state index contributed by atoms with van der Waals surface area (Å²) in [4.78, 5) is 0. The van der Waals surface area contributed by atoms with E-state index < -0.39 is 0 Å². The van der Waals surface area contributed by atoms with E-state index in [0.717, 1.165) is 18.4 Å². The van der Waals surface area contributed by atoms with Gasteiger partial charge in [-0.05, 0) is 34.9 Å². The predicted octanol–water partition coefficient (Wildman–Crippen LogP) is 4.65. The molecule has 1 N–H and O–H groups in total. The minimum Gasteiger partial charge on any atom is -0.388 e. The van der Waals surface area contributed by atoms with Crippen molar-refractivity contribution < 1.29 is 5.11 Å². The number of hydrogen-bond donors (Lipinski definition) is 1. The van der Waals surface area contributed by atoms with Gasteiger partial charge in [0.05, 0.1) is 6.10 Å². The molecule has 0 amide bonds. The van der Waals surface area contributed by atoms with Gasteiger partial charge in [0.15, 0.2) is 0 Å². The first-order chi connectivity index (χ1) is 9.47. The first-order valence-corrected chi connectivity index (χ1v) is 7.29. The third-order valence-electron chi connectivity index (χ3n) is 3.71. The normalized spacial score (nSPS) is 13.2. The van der Waals surface area contributed by atoms with Crippen LogP contribution in [0.2, 0.25) is 0 Å². The molecule has 0 aliphatic heterocycles. The summed E-state index contributed by atoms with van der Waals surface area (Å²) in [5.74, 6) is 0. The monoisotopic (exact) mass is 268 g/mol. The Morgan fingerprint density at radius 2 is 1.50 bits per heavy atom. The Labute approximate surface area is 122 Å². The molecule has 1 nitrogen and oxygen atoms in total. The van der Waals surface area contributed by atoms with Crippen molar-refractivity contribution >= 4 is 0 Å². The lowest BCUT2D eigenvalue weighted by Gasteiger charge is -2.19. The topological polar surface area (TPSA) is 20.2 Å². The Hall–Kier alpha value is -1.60. The Morgan fingerprint density at radius 3 is 2.05 bits per heavy atom. The molecule has 0 saturated carbocycles. The highest BCUT2D eigenvalue weighted by molar-refractivity contribution is 5.28. The summed E-state index contributed by atoms with van der Waals surface area (Å²) in [6.45, 7) is 6.67. The fraction of sp³-hybridized carbons (Fsp3) is 0.368. The van der Waals surface area contributed by atoms with Crippen molar-refractivity contribution in [2.45, 2.75) is 45.1 Å². The van der Waals surface area contributed by atoms with Crippen LogP contribution in [0, 0.1) is 0 Å². The molecule has 0 aromatic heterocycles. The molecule has 1 atom stereocenters. The van der Waals surface area contributed by atoms with Gasteiger partial charge in [-0.1, -0.05) is 75.4 Å². The lowest BCUT2D eigenvalue weighted by Crippen LogP contribution is -2.10. The average molecular weight is 268 g/mol. The minimum atomic E-state index is -0.376. The van der Waals surface area contributed by atoms with Crippen LogP contribution in [-0.2, 0) is 11.8 Å². The first-order valence-electron chi connectivity index (χ1n) is 7.29. The molecule has 2 aromatic rings. The molecule has 1 heteroatoms. The van der Waals surface area contributed by atoms with Crippen molar-refractivity contribution in [1.82, 2.24) is 0 Å². The van der Waals surface area contributed by atoms with E-state index in [1.54, 1.807) is 0 Å². The highest BCUT2D eigenvalue weighted by Gasteiger charge is 2.13. The van der Waals surface area contributed by atoms with E-state index in [9.17, 15) is 5.11 Å². The fourth-order valence-corrected chi connectivity index (χ4v) is 2.32. The summed E-state index contributed by atoms with van der Waals surface area (Å²) in [7, 11) is 0. The summed E-state index contributed by atoms with van der Waals surface area (Å²) < 4.78 is 0. The second kappa shape index (κ2) is 6.23. The van der Waals surface area contributed by atoms with E-state index in [2.05, 4.69) is 45.0 Å². The number of aryl methyl sites for hydroxylation is 1. The summed E-state index contributed by atoms with van der Waals surface area (Å²) in [6.07, 6.45) is 1.29. The van der Waals surface area contributed by atoms with Crippen LogP contribution in [0.5, 0.6) is 0 Å². The molecule has 0 fully saturated rings. The van der Waals surface area contributed by atoms with Gasteiger partial charge in [-0.15, -0.1) is 0 Å². The number of benzene rings is 2. The average Bonchev–Trinajstić information content (AvgIpc) is 2.45. The van der Waals surface area contributed by atoms with E-state index in [1.807, 2.05) is 30.3 Å². The summed E-state index contributed by atoms with van der Waals surface area (Å²) in [6, 6.07) is 18.6. The zero-order valence-corrected chi connectivity index (χ0v) is 12.6. The maximum Gasteiger partial charge on any atom is 0.0793 e. The quantitative estimate of drug-likeness (QED) is 0.855. The Kier molecular flexibility index (Phi) is 4.61. The molecular weight excluding hydrogens is 244 g/mol. The second-order valence-corrected chi connectivity index (χ2v) is 6.41. The fourth-order valence-electron chi connectivity index (χ4n) is 2.32. The molecule has 0 radical (unpaired) electrons. The standard InChI is InChI=1S/C19H24O/c1-19(2,3)17-12-9-15(10-13-17)11-14-18(20)16-7-5-4-6-8-16/h4-10,12-13,18,20H,11,14H2,1-3H3/t18-/m1/s1. The highest BCUT2D eigenvalue weighted by atomic mass is 16.3. The van der Waals surface area contributed by atoms with E-state index in [4.69, 9.17) is 0 Å². The third-order valence-corrected chi connectivity index (χ3v) is 3.71. The summed E-state index contributed by atoms with van der Waals surface area (Å²) in [5.41, 5.74) is 3.83. The molecule has 0 aliphatic rings. The number of rotatable bonds is 4. The van der Waals surface area contributed by atoms with Crippen LogP contribution in [0.1, 0.15) is 50.0 Å². The van der Waals surface area contributed by atoms with Gasteiger partial charge in [0.2, 0.25) is 0 Å². The maximum absolute atomic E-state index is 10.2. The summed E-state index contributed by atoms with van der Waals surface area (Å²) in [5, 5.41) is 10.2. The van der Waals surface area contributed by atoms with Crippen molar-refractivity contribution in [3.63, 3.8) is 0 Å². The van der Waals surface area contributed by atoms with Crippen molar-refractivity contribution in [3.05, 3.63) is 71.3 Å². The van der Waals surface area contributed by atoms with E-state index in [0.29, 0.717) is 0 Å². The number of hydrogen-bond acceptors (Lipinski definition) is 1. The number of aliphatic hydroxyl groups is 1. The van der Waals surface area contributed by atoms with Crippen molar-refractivity contribution in [3.8, 4) is 0 Å².